The van der Waals surface area contributed by atoms with E-state index in [2.05, 4.69) is 5.43 Å². The second kappa shape index (κ2) is 7.77. The fraction of sp³-hybridized carbons (Fsp3) is 0.600. The van der Waals surface area contributed by atoms with Gasteiger partial charge in [-0.05, 0) is 30.9 Å². The fourth-order valence-corrected chi connectivity index (χ4v) is 4.53. The molecule has 0 aliphatic carbocycles. The van der Waals surface area contributed by atoms with E-state index in [9.17, 15) is 8.42 Å². The Bertz CT molecular complexity index is 540. The second-order valence-electron chi connectivity index (χ2n) is 5.58. The molecule has 0 spiro atoms. The third kappa shape index (κ3) is 4.18. The topological polar surface area (TPSA) is 75.4 Å². The van der Waals surface area contributed by atoms with Gasteiger partial charge in [0, 0.05) is 12.6 Å². The van der Waals surface area contributed by atoms with Crippen LogP contribution in [0.25, 0.3) is 0 Å². The highest BCUT2D eigenvalue weighted by Crippen LogP contribution is 2.27. The van der Waals surface area contributed by atoms with Crippen LogP contribution in [0.3, 0.4) is 0 Å². The maximum Gasteiger partial charge on any atom is 0.245 e. The number of nitrogens with one attached hydrogen (secondary N) is 1. The minimum Gasteiger partial charge on any atom is -0.323 e. The van der Waals surface area contributed by atoms with Crippen LogP contribution in [0.15, 0.2) is 29.2 Å². The summed E-state index contributed by atoms with van der Waals surface area (Å²) < 4.78 is 27.7. The molecule has 0 aliphatic heterocycles. The Morgan fingerprint density at radius 2 is 1.76 bits per heavy atom. The average Bonchev–Trinajstić information content (AvgIpc) is 2.47. The molecule has 0 bridgehead atoms. The van der Waals surface area contributed by atoms with E-state index in [1.165, 1.54) is 0 Å². The van der Waals surface area contributed by atoms with E-state index < -0.39 is 10.0 Å². The van der Waals surface area contributed by atoms with E-state index >= 15 is 0 Å². The Morgan fingerprint density at radius 3 is 2.24 bits per heavy atom. The fourth-order valence-electron chi connectivity index (χ4n) is 2.44. The molecule has 0 saturated heterocycles. The van der Waals surface area contributed by atoms with Gasteiger partial charge >= 0.3 is 0 Å². The van der Waals surface area contributed by atoms with Crippen LogP contribution in [-0.4, -0.2) is 25.3 Å². The van der Waals surface area contributed by atoms with Gasteiger partial charge in [-0.15, -0.1) is 0 Å². The molecule has 0 fully saturated rings. The predicted octanol–water partition coefficient (Wildman–Crippen LogP) is 2.81. The Morgan fingerprint density at radius 1 is 1.19 bits per heavy atom. The number of hydrogen-bond donors (Lipinski definition) is 2. The second-order valence-corrected chi connectivity index (χ2v) is 7.44. The molecule has 0 aliphatic rings. The molecule has 120 valence electrons. The van der Waals surface area contributed by atoms with E-state index in [0.717, 1.165) is 12.8 Å². The normalized spacial score (nSPS) is 12.4. The van der Waals surface area contributed by atoms with Gasteiger partial charge in [-0.2, -0.15) is 4.31 Å². The van der Waals surface area contributed by atoms with Crippen LogP contribution in [-0.2, 0) is 10.0 Å². The van der Waals surface area contributed by atoms with Gasteiger partial charge in [0.1, 0.15) is 4.90 Å². The van der Waals surface area contributed by atoms with Crippen molar-refractivity contribution in [3.63, 3.8) is 0 Å². The molecule has 5 nitrogen and oxygen atoms in total. The molecule has 0 aromatic heterocycles. The van der Waals surface area contributed by atoms with E-state index in [-0.39, 0.29) is 16.9 Å². The summed E-state index contributed by atoms with van der Waals surface area (Å²) >= 11 is 0. The van der Waals surface area contributed by atoms with Crippen LogP contribution < -0.4 is 11.3 Å². The van der Waals surface area contributed by atoms with Crippen molar-refractivity contribution in [3.05, 3.63) is 24.3 Å². The van der Waals surface area contributed by atoms with Crippen molar-refractivity contribution in [2.24, 2.45) is 11.8 Å². The zero-order valence-corrected chi connectivity index (χ0v) is 14.2. The summed E-state index contributed by atoms with van der Waals surface area (Å²) in [4.78, 5) is 0.236. The van der Waals surface area contributed by atoms with Crippen molar-refractivity contribution in [3.8, 4) is 0 Å². The van der Waals surface area contributed by atoms with Gasteiger partial charge in [-0.25, -0.2) is 8.42 Å². The summed E-state index contributed by atoms with van der Waals surface area (Å²) in [6, 6.07) is 6.75. The van der Waals surface area contributed by atoms with Crippen LogP contribution in [0.1, 0.15) is 40.5 Å². The highest BCUT2D eigenvalue weighted by molar-refractivity contribution is 7.89. The van der Waals surface area contributed by atoms with Gasteiger partial charge in [-0.1, -0.05) is 39.8 Å². The summed E-state index contributed by atoms with van der Waals surface area (Å²) in [7, 11) is -3.57. The number of nitrogens with two attached hydrogens (primary N) is 1. The molecule has 1 aromatic rings. The molecule has 0 amide bonds. The Balaban J connectivity index is 3.32. The summed E-state index contributed by atoms with van der Waals surface area (Å²) in [6.07, 6.45) is 1.58. The minimum atomic E-state index is -3.57. The zero-order valence-electron chi connectivity index (χ0n) is 13.3. The van der Waals surface area contributed by atoms with E-state index in [1.807, 2.05) is 27.7 Å². The smallest absolute Gasteiger partial charge is 0.245 e. The molecule has 21 heavy (non-hydrogen) atoms. The number of hydrogen-bond acceptors (Lipinski definition) is 4. The summed E-state index contributed by atoms with van der Waals surface area (Å²) in [6.45, 7) is 8.59. The number of nitrogens with zero attached hydrogens (tertiary/aromatic N) is 1. The summed E-state index contributed by atoms with van der Waals surface area (Å²) in [5.74, 6) is 5.72. The predicted molar refractivity (Wildman–Crippen MR) is 87.4 cm³/mol. The first kappa shape index (κ1) is 17.9. The van der Waals surface area contributed by atoms with Crippen molar-refractivity contribution < 1.29 is 8.42 Å². The number of hydrazine groups is 1. The third-order valence-corrected chi connectivity index (χ3v) is 5.50. The molecule has 1 rings (SSSR count). The largest absolute Gasteiger partial charge is 0.323 e. The van der Waals surface area contributed by atoms with Gasteiger partial charge in [0.15, 0.2) is 0 Å². The van der Waals surface area contributed by atoms with E-state index in [1.54, 1.807) is 28.6 Å². The standard InChI is InChI=1S/C15H27N3O2S/c1-5-13(6-2)18(11-12(3)4)21(19,20)15-10-8-7-9-14(15)17-16/h7-10,12-13,17H,5-6,11,16H2,1-4H3. The summed E-state index contributed by atoms with van der Waals surface area (Å²) in [5.41, 5.74) is 2.91. The molecular weight excluding hydrogens is 286 g/mol. The van der Waals surface area contributed by atoms with Gasteiger partial charge in [0.2, 0.25) is 10.0 Å². The number of benzene rings is 1. The molecule has 0 radical (unpaired) electrons. The van der Waals surface area contributed by atoms with Gasteiger partial charge in [0.05, 0.1) is 5.69 Å². The maximum absolute atomic E-state index is 13.0. The number of nitrogen functional groups attached to an aromatic ring is 1. The lowest BCUT2D eigenvalue weighted by Gasteiger charge is -2.31. The number of para-hydroxylation sites is 1. The van der Waals surface area contributed by atoms with Crippen LogP contribution in [0.4, 0.5) is 5.69 Å². The number of anilines is 1. The highest BCUT2D eigenvalue weighted by atomic mass is 32.2. The Hall–Kier alpha value is -1.11. The lowest BCUT2D eigenvalue weighted by Crippen LogP contribution is -2.42. The zero-order chi connectivity index (χ0) is 16.0. The van der Waals surface area contributed by atoms with Gasteiger partial charge < -0.3 is 5.43 Å². The number of sulfonamides is 1. The third-order valence-electron chi connectivity index (χ3n) is 3.52. The number of rotatable bonds is 8. The molecule has 0 heterocycles. The summed E-state index contributed by atoms with van der Waals surface area (Å²) in [5, 5.41) is 0. The van der Waals surface area contributed by atoms with Crippen molar-refractivity contribution >= 4 is 15.7 Å². The van der Waals surface area contributed by atoms with Crippen molar-refractivity contribution in [1.29, 1.82) is 0 Å². The van der Waals surface area contributed by atoms with E-state index in [4.69, 9.17) is 5.84 Å². The monoisotopic (exact) mass is 313 g/mol. The van der Waals surface area contributed by atoms with Crippen LogP contribution >= 0.6 is 0 Å². The SMILES string of the molecule is CCC(CC)N(CC(C)C)S(=O)(=O)c1ccccc1NN. The van der Waals surface area contributed by atoms with E-state index in [0.29, 0.717) is 12.2 Å². The van der Waals surface area contributed by atoms with Crippen LogP contribution in [0.5, 0.6) is 0 Å². The minimum absolute atomic E-state index is 0.00299. The Kier molecular flexibility index (Phi) is 6.64. The first-order valence-corrected chi connectivity index (χ1v) is 8.89. The van der Waals surface area contributed by atoms with Crippen LogP contribution in [0, 0.1) is 5.92 Å². The van der Waals surface area contributed by atoms with Crippen LogP contribution in [0.2, 0.25) is 0 Å². The van der Waals surface area contributed by atoms with Crippen molar-refractivity contribution in [2.45, 2.75) is 51.5 Å². The first-order chi connectivity index (χ1) is 9.88. The maximum atomic E-state index is 13.0. The molecule has 6 heteroatoms. The molecular formula is C15H27N3O2S. The van der Waals surface area contributed by atoms with Gasteiger partial charge in [0.25, 0.3) is 0 Å². The van der Waals surface area contributed by atoms with Crippen molar-refractivity contribution in [1.82, 2.24) is 4.31 Å². The average molecular weight is 313 g/mol. The van der Waals surface area contributed by atoms with Crippen molar-refractivity contribution in [2.75, 3.05) is 12.0 Å². The highest BCUT2D eigenvalue weighted by Gasteiger charge is 2.31. The lowest BCUT2D eigenvalue weighted by molar-refractivity contribution is 0.277. The lowest BCUT2D eigenvalue weighted by atomic mass is 10.1. The first-order valence-electron chi connectivity index (χ1n) is 7.45. The Labute approximate surface area is 128 Å². The quantitative estimate of drug-likeness (QED) is 0.571. The molecule has 3 N–H and O–H groups in total. The molecule has 0 saturated carbocycles. The van der Waals surface area contributed by atoms with Gasteiger partial charge in [-0.3, -0.25) is 5.84 Å². The molecule has 0 atom stereocenters. The molecule has 0 unspecified atom stereocenters. The molecule has 1 aromatic carbocycles.